The lowest BCUT2D eigenvalue weighted by molar-refractivity contribution is 0.304. The van der Waals surface area contributed by atoms with E-state index in [2.05, 4.69) is 11.8 Å². The number of halogens is 2. The topological polar surface area (TPSA) is 29.5 Å². The van der Waals surface area contributed by atoms with Crippen LogP contribution in [0.25, 0.3) is 0 Å². The van der Waals surface area contributed by atoms with Gasteiger partial charge in [-0.05, 0) is 35.9 Å². The highest BCUT2D eigenvalue weighted by molar-refractivity contribution is 6.19. The first-order valence-electron chi connectivity index (χ1n) is 5.94. The van der Waals surface area contributed by atoms with Gasteiger partial charge in [0.25, 0.3) is 0 Å². The average molecular weight is 291 g/mol. The number of hydrogen-bond acceptors (Lipinski definition) is 2. The lowest BCUT2D eigenvalue weighted by atomic mass is 10.2. The van der Waals surface area contributed by atoms with Crippen LogP contribution < -0.4 is 4.74 Å². The standard InChI is InChI=1S/C16H12ClFO2/c17-9-1-2-13-10-14(18)5-8-16(13)20-11-12-3-6-15(19)7-4-12/h3-8,10,19H,9,11H2. The van der Waals surface area contributed by atoms with Gasteiger partial charge in [0.15, 0.2) is 0 Å². The molecule has 2 aromatic rings. The van der Waals surface area contributed by atoms with E-state index in [9.17, 15) is 9.50 Å². The molecule has 0 heterocycles. The van der Waals surface area contributed by atoms with Gasteiger partial charge in [-0.3, -0.25) is 0 Å². The number of ether oxygens (including phenoxy) is 1. The normalized spacial score (nSPS) is 9.70. The highest BCUT2D eigenvalue weighted by Gasteiger charge is 2.04. The van der Waals surface area contributed by atoms with Crippen molar-refractivity contribution < 1.29 is 14.2 Å². The highest BCUT2D eigenvalue weighted by atomic mass is 35.5. The molecule has 1 N–H and O–H groups in total. The highest BCUT2D eigenvalue weighted by Crippen LogP contribution is 2.20. The monoisotopic (exact) mass is 290 g/mol. The van der Waals surface area contributed by atoms with Crippen LogP contribution in [0.4, 0.5) is 4.39 Å². The molecule has 0 fully saturated rings. The van der Waals surface area contributed by atoms with Crippen LogP contribution in [0.3, 0.4) is 0 Å². The summed E-state index contributed by atoms with van der Waals surface area (Å²) in [5.74, 6) is 5.93. The molecule has 0 amide bonds. The van der Waals surface area contributed by atoms with E-state index in [-0.39, 0.29) is 17.4 Å². The van der Waals surface area contributed by atoms with E-state index in [0.717, 1.165) is 5.56 Å². The van der Waals surface area contributed by atoms with Gasteiger partial charge in [0.05, 0.1) is 11.4 Å². The van der Waals surface area contributed by atoms with Crippen molar-refractivity contribution in [2.45, 2.75) is 6.61 Å². The second-order valence-electron chi connectivity index (χ2n) is 4.03. The number of rotatable bonds is 3. The van der Waals surface area contributed by atoms with E-state index in [4.69, 9.17) is 16.3 Å². The number of phenols is 1. The van der Waals surface area contributed by atoms with E-state index in [1.54, 1.807) is 24.3 Å². The van der Waals surface area contributed by atoms with Crippen molar-refractivity contribution >= 4 is 11.6 Å². The lowest BCUT2D eigenvalue weighted by Crippen LogP contribution is -1.97. The summed E-state index contributed by atoms with van der Waals surface area (Å²) in [5.41, 5.74) is 1.35. The van der Waals surface area contributed by atoms with Crippen molar-refractivity contribution in [3.8, 4) is 23.3 Å². The second kappa shape index (κ2) is 6.83. The van der Waals surface area contributed by atoms with Gasteiger partial charge in [0, 0.05) is 0 Å². The van der Waals surface area contributed by atoms with Crippen molar-refractivity contribution in [1.29, 1.82) is 0 Å². The zero-order valence-corrected chi connectivity index (χ0v) is 11.3. The van der Waals surface area contributed by atoms with Gasteiger partial charge in [-0.15, -0.1) is 11.6 Å². The van der Waals surface area contributed by atoms with Crippen LogP contribution in [-0.2, 0) is 6.61 Å². The zero-order chi connectivity index (χ0) is 14.4. The lowest BCUT2D eigenvalue weighted by Gasteiger charge is -2.08. The van der Waals surface area contributed by atoms with Gasteiger partial charge in [0.2, 0.25) is 0 Å². The summed E-state index contributed by atoms with van der Waals surface area (Å²) >= 11 is 5.50. The SMILES string of the molecule is Oc1ccc(COc2ccc(F)cc2C#CCCl)cc1. The molecule has 20 heavy (non-hydrogen) atoms. The molecule has 0 aliphatic carbocycles. The van der Waals surface area contributed by atoms with Gasteiger partial charge in [-0.2, -0.15) is 0 Å². The fourth-order valence-electron chi connectivity index (χ4n) is 1.61. The van der Waals surface area contributed by atoms with Gasteiger partial charge in [-0.1, -0.05) is 24.0 Å². The summed E-state index contributed by atoms with van der Waals surface area (Å²) in [7, 11) is 0. The first-order valence-corrected chi connectivity index (χ1v) is 6.47. The number of hydrogen-bond donors (Lipinski definition) is 1. The summed E-state index contributed by atoms with van der Waals surface area (Å²) < 4.78 is 18.8. The van der Waals surface area contributed by atoms with Crippen LogP contribution in [-0.4, -0.2) is 11.0 Å². The quantitative estimate of drug-likeness (QED) is 0.690. The molecule has 0 spiro atoms. The fraction of sp³-hybridized carbons (Fsp3) is 0.125. The molecule has 0 unspecified atom stereocenters. The Kier molecular flexibility index (Phi) is 4.86. The summed E-state index contributed by atoms with van der Waals surface area (Å²) in [6.07, 6.45) is 0. The molecular formula is C16H12ClFO2. The molecule has 0 saturated heterocycles. The van der Waals surface area contributed by atoms with Crippen LogP contribution in [0.1, 0.15) is 11.1 Å². The minimum atomic E-state index is -0.374. The predicted molar refractivity (Wildman–Crippen MR) is 76.4 cm³/mol. The van der Waals surface area contributed by atoms with E-state index >= 15 is 0 Å². The molecular weight excluding hydrogens is 279 g/mol. The molecule has 0 aliphatic rings. The van der Waals surface area contributed by atoms with Crippen LogP contribution in [0.5, 0.6) is 11.5 Å². The third-order valence-corrected chi connectivity index (χ3v) is 2.70. The zero-order valence-electron chi connectivity index (χ0n) is 10.6. The van der Waals surface area contributed by atoms with Gasteiger partial charge >= 0.3 is 0 Å². The molecule has 0 aliphatic heterocycles. The number of aromatic hydroxyl groups is 1. The van der Waals surface area contributed by atoms with E-state index in [1.165, 1.54) is 18.2 Å². The molecule has 0 atom stereocenters. The smallest absolute Gasteiger partial charge is 0.135 e. The van der Waals surface area contributed by atoms with Gasteiger partial charge < -0.3 is 9.84 Å². The minimum Gasteiger partial charge on any atom is -0.508 e. The Labute approximate surface area is 121 Å². The van der Waals surface area contributed by atoms with Crippen molar-refractivity contribution in [2.75, 3.05) is 5.88 Å². The van der Waals surface area contributed by atoms with Gasteiger partial charge in [-0.25, -0.2) is 4.39 Å². The Balaban J connectivity index is 2.14. The van der Waals surface area contributed by atoms with E-state index < -0.39 is 0 Å². The molecule has 2 rings (SSSR count). The molecule has 4 heteroatoms. The second-order valence-corrected chi connectivity index (χ2v) is 4.30. The van der Waals surface area contributed by atoms with Crippen LogP contribution >= 0.6 is 11.6 Å². The van der Waals surface area contributed by atoms with Crippen molar-refractivity contribution in [3.63, 3.8) is 0 Å². The van der Waals surface area contributed by atoms with Crippen LogP contribution in [0, 0.1) is 17.7 Å². The molecule has 0 saturated carbocycles. The number of benzene rings is 2. The maximum absolute atomic E-state index is 13.2. The maximum atomic E-state index is 13.2. The number of alkyl halides is 1. The largest absolute Gasteiger partial charge is 0.508 e. The third kappa shape index (κ3) is 3.91. The predicted octanol–water partition coefficient (Wildman–Crippen LogP) is 3.70. The molecule has 102 valence electrons. The summed E-state index contributed by atoms with van der Waals surface area (Å²) in [6, 6.07) is 10.8. The van der Waals surface area contributed by atoms with Gasteiger partial charge in [0.1, 0.15) is 23.9 Å². The molecule has 2 nitrogen and oxygen atoms in total. The minimum absolute atomic E-state index is 0.175. The molecule has 0 aromatic heterocycles. The van der Waals surface area contributed by atoms with E-state index in [1.807, 2.05) is 0 Å². The van der Waals surface area contributed by atoms with E-state index in [0.29, 0.717) is 17.9 Å². The van der Waals surface area contributed by atoms with Crippen molar-refractivity contribution in [2.24, 2.45) is 0 Å². The average Bonchev–Trinajstić information content (AvgIpc) is 2.46. The van der Waals surface area contributed by atoms with Crippen molar-refractivity contribution in [1.82, 2.24) is 0 Å². The molecule has 0 radical (unpaired) electrons. The Morgan fingerprint density at radius 3 is 2.60 bits per heavy atom. The summed E-state index contributed by atoms with van der Waals surface area (Å²) in [5, 5.41) is 9.20. The third-order valence-electron chi connectivity index (χ3n) is 2.56. The Morgan fingerprint density at radius 1 is 1.15 bits per heavy atom. The van der Waals surface area contributed by atoms with Crippen LogP contribution in [0.15, 0.2) is 42.5 Å². The number of phenolic OH excluding ortho intramolecular Hbond substituents is 1. The Morgan fingerprint density at radius 2 is 1.90 bits per heavy atom. The fourth-order valence-corrected chi connectivity index (χ4v) is 1.67. The Hall–Kier alpha value is -2.18. The summed E-state index contributed by atoms with van der Waals surface area (Å²) in [6.45, 7) is 0.307. The first-order chi connectivity index (χ1) is 9.69. The van der Waals surface area contributed by atoms with Crippen LogP contribution in [0.2, 0.25) is 0 Å². The first kappa shape index (κ1) is 14.2. The summed E-state index contributed by atoms with van der Waals surface area (Å²) in [4.78, 5) is 0. The molecule has 2 aromatic carbocycles. The Bertz CT molecular complexity index is 642. The van der Waals surface area contributed by atoms with Crippen molar-refractivity contribution in [3.05, 3.63) is 59.4 Å². The maximum Gasteiger partial charge on any atom is 0.135 e. The molecule has 0 bridgehead atoms.